The summed E-state index contributed by atoms with van der Waals surface area (Å²) in [6.07, 6.45) is 0. The molecule has 0 aliphatic rings. The van der Waals surface area contributed by atoms with Crippen molar-refractivity contribution in [3.8, 4) is 11.4 Å². The SMILES string of the molecule is Cc1ccc(-n2c(SCCOc3ccc(F)cc3)nc3ccccc3c2=O)cc1C. The number of para-hydroxylation sites is 1. The molecule has 0 N–H and O–H groups in total. The number of benzene rings is 3. The van der Waals surface area contributed by atoms with Crippen LogP contribution in [0.3, 0.4) is 0 Å². The maximum absolute atomic E-state index is 13.3. The minimum absolute atomic E-state index is 0.0918. The van der Waals surface area contributed by atoms with Crippen molar-refractivity contribution in [2.24, 2.45) is 0 Å². The zero-order valence-electron chi connectivity index (χ0n) is 16.8. The summed E-state index contributed by atoms with van der Waals surface area (Å²) >= 11 is 1.46. The van der Waals surface area contributed by atoms with E-state index in [1.165, 1.54) is 29.5 Å². The number of halogens is 1. The second kappa shape index (κ2) is 8.71. The summed E-state index contributed by atoms with van der Waals surface area (Å²) < 4.78 is 20.4. The third-order valence-electron chi connectivity index (χ3n) is 4.89. The molecule has 0 amide bonds. The van der Waals surface area contributed by atoms with Crippen LogP contribution in [0.4, 0.5) is 4.39 Å². The first-order chi connectivity index (χ1) is 14.5. The van der Waals surface area contributed by atoms with Gasteiger partial charge in [0.1, 0.15) is 11.6 Å². The summed E-state index contributed by atoms with van der Waals surface area (Å²) in [5, 5.41) is 1.20. The molecule has 0 saturated heterocycles. The second-order valence-electron chi connectivity index (χ2n) is 6.97. The van der Waals surface area contributed by atoms with E-state index in [4.69, 9.17) is 9.72 Å². The van der Waals surface area contributed by atoms with Crippen molar-refractivity contribution < 1.29 is 9.13 Å². The van der Waals surface area contributed by atoms with Crippen molar-refractivity contribution in [1.82, 2.24) is 9.55 Å². The van der Waals surface area contributed by atoms with Gasteiger partial charge in [0, 0.05) is 5.75 Å². The van der Waals surface area contributed by atoms with Crippen LogP contribution in [-0.2, 0) is 0 Å². The lowest BCUT2D eigenvalue weighted by Crippen LogP contribution is -2.22. The molecule has 6 heteroatoms. The summed E-state index contributed by atoms with van der Waals surface area (Å²) in [6, 6.07) is 19.3. The molecule has 0 aliphatic carbocycles. The molecule has 0 radical (unpaired) electrons. The summed E-state index contributed by atoms with van der Waals surface area (Å²) in [6.45, 7) is 4.48. The monoisotopic (exact) mass is 420 g/mol. The van der Waals surface area contributed by atoms with Gasteiger partial charge in [-0.1, -0.05) is 30.0 Å². The van der Waals surface area contributed by atoms with Crippen LogP contribution in [0.2, 0.25) is 0 Å². The highest BCUT2D eigenvalue weighted by molar-refractivity contribution is 7.99. The summed E-state index contributed by atoms with van der Waals surface area (Å²) in [7, 11) is 0. The summed E-state index contributed by atoms with van der Waals surface area (Å²) in [4.78, 5) is 18.0. The number of aromatic nitrogens is 2. The number of fused-ring (bicyclic) bond motifs is 1. The molecule has 0 atom stereocenters. The number of nitrogens with zero attached hydrogens (tertiary/aromatic N) is 2. The van der Waals surface area contributed by atoms with Crippen LogP contribution >= 0.6 is 11.8 Å². The Kier molecular flexibility index (Phi) is 5.86. The van der Waals surface area contributed by atoms with E-state index in [0.29, 0.717) is 34.2 Å². The highest BCUT2D eigenvalue weighted by Gasteiger charge is 2.14. The van der Waals surface area contributed by atoms with Gasteiger partial charge in [0.25, 0.3) is 5.56 Å². The minimum Gasteiger partial charge on any atom is -0.493 e. The van der Waals surface area contributed by atoms with Crippen LogP contribution < -0.4 is 10.3 Å². The molecule has 4 rings (SSSR count). The normalized spacial score (nSPS) is 11.0. The fraction of sp³-hybridized carbons (Fsp3) is 0.167. The predicted molar refractivity (Wildman–Crippen MR) is 119 cm³/mol. The Labute approximate surface area is 178 Å². The largest absolute Gasteiger partial charge is 0.493 e. The lowest BCUT2D eigenvalue weighted by molar-refractivity contribution is 0.343. The summed E-state index contributed by atoms with van der Waals surface area (Å²) in [5.74, 6) is 0.900. The second-order valence-corrected chi connectivity index (χ2v) is 8.03. The quantitative estimate of drug-likeness (QED) is 0.241. The number of ether oxygens (including phenoxy) is 1. The van der Waals surface area contributed by atoms with E-state index < -0.39 is 0 Å². The molecule has 4 nitrogen and oxygen atoms in total. The fourth-order valence-electron chi connectivity index (χ4n) is 3.12. The zero-order chi connectivity index (χ0) is 21.1. The topological polar surface area (TPSA) is 44.1 Å². The van der Waals surface area contributed by atoms with Crippen molar-refractivity contribution in [3.05, 3.63) is 94.0 Å². The van der Waals surface area contributed by atoms with E-state index in [1.807, 2.05) is 50.2 Å². The third-order valence-corrected chi connectivity index (χ3v) is 5.79. The lowest BCUT2D eigenvalue weighted by atomic mass is 10.1. The van der Waals surface area contributed by atoms with E-state index in [0.717, 1.165) is 11.3 Å². The Hall–Kier alpha value is -3.12. The maximum Gasteiger partial charge on any atom is 0.266 e. The Morgan fingerprint density at radius 2 is 1.77 bits per heavy atom. The van der Waals surface area contributed by atoms with Crippen molar-refractivity contribution in [2.45, 2.75) is 19.0 Å². The van der Waals surface area contributed by atoms with Crippen molar-refractivity contribution in [1.29, 1.82) is 0 Å². The van der Waals surface area contributed by atoms with Gasteiger partial charge in [-0.05, 0) is 73.5 Å². The molecule has 0 spiro atoms. The standard InChI is InChI=1S/C24H21FN2O2S/c1-16-7-10-19(15-17(16)2)27-23(28)21-5-3-4-6-22(21)26-24(27)30-14-13-29-20-11-8-18(25)9-12-20/h3-12,15H,13-14H2,1-2H3. The number of aryl methyl sites for hydroxylation is 2. The van der Waals surface area contributed by atoms with Gasteiger partial charge in [-0.3, -0.25) is 9.36 Å². The molecule has 3 aromatic carbocycles. The van der Waals surface area contributed by atoms with Crippen LogP contribution in [0.15, 0.2) is 76.7 Å². The molecule has 30 heavy (non-hydrogen) atoms. The van der Waals surface area contributed by atoms with Crippen LogP contribution in [0.5, 0.6) is 5.75 Å². The van der Waals surface area contributed by atoms with E-state index in [2.05, 4.69) is 0 Å². The van der Waals surface area contributed by atoms with E-state index in [9.17, 15) is 9.18 Å². The van der Waals surface area contributed by atoms with Crippen LogP contribution in [0.25, 0.3) is 16.6 Å². The lowest BCUT2D eigenvalue weighted by Gasteiger charge is -2.14. The van der Waals surface area contributed by atoms with Gasteiger partial charge in [0.2, 0.25) is 0 Å². The minimum atomic E-state index is -0.297. The fourth-order valence-corrected chi connectivity index (χ4v) is 3.95. The number of hydrogen-bond acceptors (Lipinski definition) is 4. The van der Waals surface area contributed by atoms with Gasteiger partial charge in [-0.25, -0.2) is 9.37 Å². The van der Waals surface area contributed by atoms with Gasteiger partial charge in [-0.15, -0.1) is 0 Å². The smallest absolute Gasteiger partial charge is 0.266 e. The molecule has 1 aromatic heterocycles. The highest BCUT2D eigenvalue weighted by Crippen LogP contribution is 2.23. The molecule has 0 fully saturated rings. The molecule has 152 valence electrons. The average molecular weight is 421 g/mol. The van der Waals surface area contributed by atoms with Gasteiger partial charge < -0.3 is 4.74 Å². The van der Waals surface area contributed by atoms with Crippen molar-refractivity contribution >= 4 is 22.7 Å². The van der Waals surface area contributed by atoms with E-state index in [-0.39, 0.29) is 11.4 Å². The molecular formula is C24H21FN2O2S. The molecule has 0 saturated carbocycles. The third kappa shape index (κ3) is 4.24. The zero-order valence-corrected chi connectivity index (χ0v) is 17.6. The predicted octanol–water partition coefficient (Wildman–Crippen LogP) is 5.31. The molecule has 4 aromatic rings. The Balaban J connectivity index is 1.64. The molecular weight excluding hydrogens is 399 g/mol. The van der Waals surface area contributed by atoms with Crippen LogP contribution in [0, 0.1) is 19.7 Å². The van der Waals surface area contributed by atoms with Crippen LogP contribution in [0.1, 0.15) is 11.1 Å². The maximum atomic E-state index is 13.3. The van der Waals surface area contributed by atoms with E-state index >= 15 is 0 Å². The number of hydrogen-bond donors (Lipinski definition) is 0. The first kappa shape index (κ1) is 20.2. The van der Waals surface area contributed by atoms with Gasteiger partial charge in [-0.2, -0.15) is 0 Å². The Morgan fingerprint density at radius 1 is 1.00 bits per heavy atom. The Bertz CT molecular complexity index is 1250. The first-order valence-electron chi connectivity index (χ1n) is 9.63. The average Bonchev–Trinajstić information content (AvgIpc) is 2.75. The molecule has 0 aliphatic heterocycles. The summed E-state index contributed by atoms with van der Waals surface area (Å²) in [5.41, 5.74) is 3.66. The van der Waals surface area contributed by atoms with Gasteiger partial charge >= 0.3 is 0 Å². The molecule has 0 bridgehead atoms. The number of thioether (sulfide) groups is 1. The van der Waals surface area contributed by atoms with Crippen LogP contribution in [-0.4, -0.2) is 21.9 Å². The van der Waals surface area contributed by atoms with Crippen molar-refractivity contribution in [3.63, 3.8) is 0 Å². The van der Waals surface area contributed by atoms with Crippen molar-refractivity contribution in [2.75, 3.05) is 12.4 Å². The first-order valence-corrected chi connectivity index (χ1v) is 10.6. The number of rotatable bonds is 6. The molecule has 0 unspecified atom stereocenters. The van der Waals surface area contributed by atoms with Gasteiger partial charge in [0.15, 0.2) is 5.16 Å². The highest BCUT2D eigenvalue weighted by atomic mass is 32.2. The Morgan fingerprint density at radius 3 is 2.53 bits per heavy atom. The van der Waals surface area contributed by atoms with Gasteiger partial charge in [0.05, 0.1) is 23.2 Å². The molecule has 1 heterocycles. The van der Waals surface area contributed by atoms with E-state index in [1.54, 1.807) is 22.8 Å².